The summed E-state index contributed by atoms with van der Waals surface area (Å²) in [7, 11) is 0.675. The quantitative estimate of drug-likeness (QED) is 0.549. The number of hydrogen-bond acceptors (Lipinski definition) is 6. The van der Waals surface area contributed by atoms with E-state index < -0.39 is 20.3 Å². The molecule has 0 radical (unpaired) electrons. The highest BCUT2D eigenvalue weighted by atomic mass is 35.5. The topological polar surface area (TPSA) is 103 Å². The summed E-state index contributed by atoms with van der Waals surface area (Å²) < 4.78 is 19.1. The van der Waals surface area contributed by atoms with Crippen LogP contribution in [0.2, 0.25) is 5.02 Å². The van der Waals surface area contributed by atoms with E-state index in [0.29, 0.717) is 16.5 Å². The van der Waals surface area contributed by atoms with E-state index in [1.807, 2.05) is 0 Å². The number of alkyl carbamates (subject to hydrolysis) is 1. The minimum atomic E-state index is -0.678. The number of nitrogens with zero attached hydrogens (tertiary/aromatic N) is 2. The molecule has 1 amide bonds. The Kier molecular flexibility index (Phi) is 5.99. The van der Waals surface area contributed by atoms with Crippen LogP contribution in [0.5, 0.6) is 0 Å². The molecule has 1 fully saturated rings. The fourth-order valence-corrected chi connectivity index (χ4v) is 5.98. The van der Waals surface area contributed by atoms with Gasteiger partial charge in [-0.1, -0.05) is 11.6 Å². The highest BCUT2D eigenvalue weighted by Crippen LogP contribution is 2.39. The second-order valence-corrected chi connectivity index (χ2v) is 9.46. The molecule has 1 saturated heterocycles. The number of aromatic nitrogens is 2. The zero-order valence-electron chi connectivity index (χ0n) is 15.7. The first-order valence-corrected chi connectivity index (χ1v) is 11.3. The van der Waals surface area contributed by atoms with Crippen LogP contribution >= 0.6 is 19.7 Å². The van der Waals surface area contributed by atoms with Crippen molar-refractivity contribution in [3.8, 4) is 0 Å². The Morgan fingerprint density at radius 2 is 2.34 bits per heavy atom. The third-order valence-corrected chi connectivity index (χ3v) is 7.43. The van der Waals surface area contributed by atoms with Gasteiger partial charge in [0, 0.05) is 35.5 Å². The molecule has 0 aliphatic carbocycles. The number of methoxy groups -OCH3 is 1. The van der Waals surface area contributed by atoms with Crippen LogP contribution < -0.4 is 15.7 Å². The van der Waals surface area contributed by atoms with Crippen LogP contribution in [0.1, 0.15) is 18.4 Å². The van der Waals surface area contributed by atoms with Gasteiger partial charge in [-0.3, -0.25) is 5.09 Å². The molecule has 3 unspecified atom stereocenters. The summed E-state index contributed by atoms with van der Waals surface area (Å²) in [5.41, 5.74) is 1.45. The molecule has 8 nitrogen and oxygen atoms in total. The number of aliphatic imine (C=N–C) groups is 1. The minimum Gasteiger partial charge on any atom is -0.453 e. The van der Waals surface area contributed by atoms with E-state index in [9.17, 15) is 9.18 Å². The summed E-state index contributed by atoms with van der Waals surface area (Å²) in [5, 5.41) is 10.7. The molecule has 0 bridgehead atoms. The van der Waals surface area contributed by atoms with Crippen molar-refractivity contribution in [3.63, 3.8) is 0 Å². The number of carbonyl (C=O) groups excluding carboxylic acids is 1. The molecule has 0 aromatic carbocycles. The van der Waals surface area contributed by atoms with Crippen LogP contribution in [0.4, 0.5) is 9.18 Å². The number of pyridine rings is 1. The SMILES string of the molecule is COC(=O)NC1CCCP(NC2NC(c3c[nH]c4ncc(Cl)cc34)=NC=C2F)C1. The van der Waals surface area contributed by atoms with Gasteiger partial charge in [0.1, 0.15) is 17.6 Å². The van der Waals surface area contributed by atoms with Crippen LogP contribution in [0, 0.1) is 0 Å². The standard InChI is InChI=1S/C18H21ClFN6O2P/c1-28-18(27)24-11-3-2-4-29(9-11)26-17-14(20)8-23-16(25-17)13-7-22-15-12(13)5-10(19)6-21-15/h5-8,11,17,26H,2-4,9H2,1H3,(H,21,22)(H,23,25)(H,24,27). The van der Waals surface area contributed by atoms with Crippen molar-refractivity contribution < 1.29 is 13.9 Å². The van der Waals surface area contributed by atoms with Gasteiger partial charge in [-0.15, -0.1) is 0 Å². The van der Waals surface area contributed by atoms with Gasteiger partial charge >= 0.3 is 6.09 Å². The number of carbonyl (C=O) groups is 1. The van der Waals surface area contributed by atoms with Crippen molar-refractivity contribution in [3.05, 3.63) is 41.1 Å². The largest absolute Gasteiger partial charge is 0.453 e. The van der Waals surface area contributed by atoms with Crippen molar-refractivity contribution in [1.82, 2.24) is 25.7 Å². The summed E-state index contributed by atoms with van der Waals surface area (Å²) in [6.45, 7) is 0. The van der Waals surface area contributed by atoms with Gasteiger partial charge in [0.25, 0.3) is 0 Å². The molecule has 0 saturated carbocycles. The lowest BCUT2D eigenvalue weighted by Crippen LogP contribution is -2.48. The fourth-order valence-electron chi connectivity index (χ4n) is 3.48. The number of H-pyrrole nitrogens is 1. The third kappa shape index (κ3) is 4.52. The van der Waals surface area contributed by atoms with Crippen LogP contribution in [-0.4, -0.2) is 53.5 Å². The highest BCUT2D eigenvalue weighted by molar-refractivity contribution is 7.55. The summed E-state index contributed by atoms with van der Waals surface area (Å²) in [4.78, 5) is 23.0. The van der Waals surface area contributed by atoms with Gasteiger partial charge in [0.2, 0.25) is 0 Å². The lowest BCUT2D eigenvalue weighted by atomic mass is 10.2. The molecule has 3 atom stereocenters. The normalized spacial score (nSPS) is 24.4. The van der Waals surface area contributed by atoms with E-state index in [1.54, 1.807) is 18.5 Å². The van der Waals surface area contributed by atoms with E-state index in [2.05, 4.69) is 35.4 Å². The minimum absolute atomic E-state index is 0.0282. The highest BCUT2D eigenvalue weighted by Gasteiger charge is 2.29. The average molecular weight is 439 g/mol. The molecule has 2 aromatic heterocycles. The molecule has 29 heavy (non-hydrogen) atoms. The molecular formula is C18H21ClFN6O2P. The zero-order chi connectivity index (χ0) is 20.4. The summed E-state index contributed by atoms with van der Waals surface area (Å²) in [6, 6.07) is 1.83. The zero-order valence-corrected chi connectivity index (χ0v) is 17.4. The number of aromatic amines is 1. The van der Waals surface area contributed by atoms with Crippen molar-refractivity contribution in [1.29, 1.82) is 0 Å². The third-order valence-electron chi connectivity index (χ3n) is 4.87. The average Bonchev–Trinajstić information content (AvgIpc) is 3.13. The Morgan fingerprint density at radius 3 is 3.17 bits per heavy atom. The first-order chi connectivity index (χ1) is 14.0. The van der Waals surface area contributed by atoms with Gasteiger partial charge < -0.3 is 20.4 Å². The second kappa shape index (κ2) is 8.65. The predicted molar refractivity (Wildman–Crippen MR) is 112 cm³/mol. The number of halogens is 2. The molecular weight excluding hydrogens is 418 g/mol. The number of hydrogen-bond donors (Lipinski definition) is 4. The monoisotopic (exact) mass is 438 g/mol. The molecule has 4 N–H and O–H groups in total. The van der Waals surface area contributed by atoms with Crippen molar-refractivity contribution in [2.24, 2.45) is 4.99 Å². The van der Waals surface area contributed by atoms with E-state index >= 15 is 0 Å². The number of rotatable bonds is 4. The van der Waals surface area contributed by atoms with Gasteiger partial charge in [-0.2, -0.15) is 0 Å². The lowest BCUT2D eigenvalue weighted by Gasteiger charge is -2.34. The van der Waals surface area contributed by atoms with E-state index in [4.69, 9.17) is 11.6 Å². The van der Waals surface area contributed by atoms with E-state index in [0.717, 1.165) is 36.1 Å². The fraction of sp³-hybridized carbons (Fsp3) is 0.389. The van der Waals surface area contributed by atoms with Crippen molar-refractivity contribution >= 4 is 42.6 Å². The number of nitrogens with one attached hydrogen (secondary N) is 4. The Morgan fingerprint density at radius 1 is 1.48 bits per heavy atom. The number of amides is 1. The van der Waals surface area contributed by atoms with Crippen LogP contribution in [0.3, 0.4) is 0 Å². The van der Waals surface area contributed by atoms with Gasteiger partial charge in [0.15, 0.2) is 5.83 Å². The summed E-state index contributed by atoms with van der Waals surface area (Å²) in [5.74, 6) is 0.158. The van der Waals surface area contributed by atoms with Gasteiger partial charge in [-0.05, 0) is 33.1 Å². The first-order valence-electron chi connectivity index (χ1n) is 9.22. The molecule has 2 aliphatic heterocycles. The maximum atomic E-state index is 14.5. The molecule has 0 spiro atoms. The number of fused-ring (bicyclic) bond motifs is 1. The summed E-state index contributed by atoms with van der Waals surface area (Å²) in [6.07, 6.45) is 7.02. The number of ether oxygens (including phenoxy) is 1. The van der Waals surface area contributed by atoms with E-state index in [1.165, 1.54) is 13.3 Å². The maximum absolute atomic E-state index is 14.5. The molecule has 154 valence electrons. The lowest BCUT2D eigenvalue weighted by molar-refractivity contribution is 0.167. The second-order valence-electron chi connectivity index (χ2n) is 6.87. The maximum Gasteiger partial charge on any atom is 0.407 e. The van der Waals surface area contributed by atoms with E-state index in [-0.39, 0.29) is 11.9 Å². The first kappa shape index (κ1) is 20.1. The molecule has 4 heterocycles. The Labute approximate surface area is 173 Å². The molecule has 2 aliphatic rings. The van der Waals surface area contributed by atoms with Gasteiger partial charge in [0.05, 0.1) is 18.3 Å². The Hall–Kier alpha value is -2.22. The Bertz CT molecular complexity index is 980. The summed E-state index contributed by atoms with van der Waals surface area (Å²) >= 11 is 6.07. The van der Waals surface area contributed by atoms with Crippen molar-refractivity contribution in [2.75, 3.05) is 19.4 Å². The molecule has 11 heteroatoms. The molecule has 4 rings (SSSR count). The molecule has 2 aromatic rings. The van der Waals surface area contributed by atoms with Crippen molar-refractivity contribution in [2.45, 2.75) is 25.0 Å². The van der Waals surface area contributed by atoms with Crippen LogP contribution in [-0.2, 0) is 4.74 Å². The number of amidine groups is 1. The van der Waals surface area contributed by atoms with Gasteiger partial charge in [-0.25, -0.2) is 19.2 Å². The predicted octanol–water partition coefficient (Wildman–Crippen LogP) is 3.21. The van der Waals surface area contributed by atoms with Crippen LogP contribution in [0.15, 0.2) is 35.5 Å². The Balaban J connectivity index is 1.46. The smallest absolute Gasteiger partial charge is 0.407 e. The van der Waals surface area contributed by atoms with Crippen LogP contribution in [0.25, 0.3) is 11.0 Å².